The Labute approximate surface area is 169 Å². The highest BCUT2D eigenvalue weighted by Gasteiger charge is 2.19. The number of hydrogen-bond donors (Lipinski definition) is 2. The summed E-state index contributed by atoms with van der Waals surface area (Å²) in [6, 6.07) is 27.2. The van der Waals surface area contributed by atoms with Gasteiger partial charge in [-0.3, -0.25) is 4.79 Å². The predicted molar refractivity (Wildman–Crippen MR) is 114 cm³/mol. The normalized spacial score (nSPS) is 11.9. The van der Waals surface area contributed by atoms with E-state index in [1.165, 1.54) is 0 Å². The third kappa shape index (κ3) is 5.02. The fraction of sp³-hybridized carbons (Fsp3) is 0.167. The van der Waals surface area contributed by atoms with E-state index in [4.69, 9.17) is 4.74 Å². The molecule has 0 aliphatic heterocycles. The number of ether oxygens (including phenoxy) is 1. The number of aromatic nitrogens is 2. The highest BCUT2D eigenvalue weighted by Crippen LogP contribution is 2.20. The van der Waals surface area contributed by atoms with Crippen LogP contribution < -0.4 is 10.1 Å². The van der Waals surface area contributed by atoms with E-state index >= 15 is 0 Å². The molecule has 0 saturated heterocycles. The first-order valence-electron chi connectivity index (χ1n) is 9.74. The lowest BCUT2D eigenvalue weighted by Gasteiger charge is -2.17. The molecular formula is C24H23N3O2. The summed E-state index contributed by atoms with van der Waals surface area (Å²) >= 11 is 0. The van der Waals surface area contributed by atoms with Crippen molar-refractivity contribution in [3.05, 3.63) is 96.3 Å². The quantitative estimate of drug-likeness (QED) is 0.471. The van der Waals surface area contributed by atoms with Gasteiger partial charge in [-0.25, -0.2) is 4.98 Å². The smallest absolute Gasteiger partial charge is 0.224 e. The van der Waals surface area contributed by atoms with Crippen LogP contribution in [0.2, 0.25) is 0 Å². The van der Waals surface area contributed by atoms with Gasteiger partial charge in [0.2, 0.25) is 5.91 Å². The fourth-order valence-corrected chi connectivity index (χ4v) is 3.25. The van der Waals surface area contributed by atoms with Crippen LogP contribution in [-0.2, 0) is 11.2 Å². The van der Waals surface area contributed by atoms with E-state index in [0.29, 0.717) is 13.0 Å². The van der Waals surface area contributed by atoms with Crippen molar-refractivity contribution in [1.29, 1.82) is 0 Å². The van der Waals surface area contributed by atoms with Gasteiger partial charge < -0.3 is 15.0 Å². The van der Waals surface area contributed by atoms with Crippen LogP contribution in [0.15, 0.2) is 84.9 Å². The molecule has 0 spiro atoms. The molecular weight excluding hydrogens is 362 g/mol. The summed E-state index contributed by atoms with van der Waals surface area (Å²) < 4.78 is 5.65. The highest BCUT2D eigenvalue weighted by molar-refractivity contribution is 5.77. The van der Waals surface area contributed by atoms with Gasteiger partial charge in [-0.05, 0) is 36.2 Å². The van der Waals surface area contributed by atoms with Crippen LogP contribution in [0.25, 0.3) is 11.0 Å². The molecule has 146 valence electrons. The first-order chi connectivity index (χ1) is 14.3. The molecule has 0 aliphatic carbocycles. The molecule has 1 heterocycles. The molecule has 4 aromatic rings. The largest absolute Gasteiger partial charge is 0.493 e. The lowest BCUT2D eigenvalue weighted by molar-refractivity contribution is -0.122. The number of aromatic amines is 1. The molecule has 0 radical (unpaired) electrons. The number of amides is 1. The Bertz CT molecular complexity index is 1030. The molecule has 0 saturated carbocycles. The summed E-state index contributed by atoms with van der Waals surface area (Å²) in [5.74, 6) is 1.45. The average Bonchev–Trinajstić information content (AvgIpc) is 3.19. The first kappa shape index (κ1) is 18.7. The summed E-state index contributed by atoms with van der Waals surface area (Å²) in [7, 11) is 0. The van der Waals surface area contributed by atoms with Crippen LogP contribution in [0.1, 0.15) is 23.9 Å². The molecule has 3 aromatic carbocycles. The number of carbonyl (C=O) groups excluding carboxylic acids is 1. The van der Waals surface area contributed by atoms with E-state index in [9.17, 15) is 4.79 Å². The number of para-hydroxylation sites is 3. The van der Waals surface area contributed by atoms with Crippen LogP contribution in [0.4, 0.5) is 0 Å². The molecule has 0 bridgehead atoms. The molecule has 4 rings (SSSR count). The van der Waals surface area contributed by atoms with Crippen LogP contribution in [0, 0.1) is 0 Å². The SMILES string of the molecule is O=C(CCOc1ccccc1)NC(Cc1ccccc1)c1nc2ccccc2[nH]1. The molecule has 0 fully saturated rings. The Morgan fingerprint density at radius 3 is 2.38 bits per heavy atom. The third-order valence-electron chi connectivity index (χ3n) is 4.70. The minimum atomic E-state index is -0.242. The molecule has 29 heavy (non-hydrogen) atoms. The van der Waals surface area contributed by atoms with E-state index in [1.54, 1.807) is 0 Å². The molecule has 1 amide bonds. The lowest BCUT2D eigenvalue weighted by Crippen LogP contribution is -2.31. The van der Waals surface area contributed by atoms with Crippen molar-refractivity contribution in [1.82, 2.24) is 15.3 Å². The van der Waals surface area contributed by atoms with Gasteiger partial charge in [-0.15, -0.1) is 0 Å². The van der Waals surface area contributed by atoms with Gasteiger partial charge >= 0.3 is 0 Å². The Hall–Kier alpha value is -3.60. The zero-order valence-electron chi connectivity index (χ0n) is 16.0. The van der Waals surface area contributed by atoms with Crippen molar-refractivity contribution < 1.29 is 9.53 Å². The van der Waals surface area contributed by atoms with Gasteiger partial charge in [0.25, 0.3) is 0 Å². The molecule has 1 aromatic heterocycles. The van der Waals surface area contributed by atoms with Crippen molar-refractivity contribution >= 4 is 16.9 Å². The van der Waals surface area contributed by atoms with Gasteiger partial charge in [-0.1, -0.05) is 60.7 Å². The maximum absolute atomic E-state index is 12.6. The minimum absolute atomic E-state index is 0.0673. The Morgan fingerprint density at radius 1 is 0.931 bits per heavy atom. The number of carbonyl (C=O) groups is 1. The van der Waals surface area contributed by atoms with E-state index in [1.807, 2.05) is 72.8 Å². The van der Waals surface area contributed by atoms with Gasteiger partial charge in [0.15, 0.2) is 0 Å². The number of nitrogens with one attached hydrogen (secondary N) is 2. The van der Waals surface area contributed by atoms with Gasteiger partial charge in [0, 0.05) is 0 Å². The maximum Gasteiger partial charge on any atom is 0.224 e. The highest BCUT2D eigenvalue weighted by atomic mass is 16.5. The van der Waals surface area contributed by atoms with Crippen LogP contribution in [0.5, 0.6) is 5.75 Å². The maximum atomic E-state index is 12.6. The van der Waals surface area contributed by atoms with Crippen molar-refractivity contribution in [2.24, 2.45) is 0 Å². The van der Waals surface area contributed by atoms with Crippen molar-refractivity contribution in [3.8, 4) is 5.75 Å². The second kappa shape index (κ2) is 9.06. The first-order valence-corrected chi connectivity index (χ1v) is 9.74. The minimum Gasteiger partial charge on any atom is -0.493 e. The van der Waals surface area contributed by atoms with E-state index in [-0.39, 0.29) is 18.4 Å². The van der Waals surface area contributed by atoms with Crippen LogP contribution in [-0.4, -0.2) is 22.5 Å². The van der Waals surface area contributed by atoms with Gasteiger partial charge in [-0.2, -0.15) is 0 Å². The Morgan fingerprint density at radius 2 is 1.62 bits per heavy atom. The summed E-state index contributed by atoms with van der Waals surface area (Å²) in [6.07, 6.45) is 0.937. The van der Waals surface area contributed by atoms with Gasteiger partial charge in [0.1, 0.15) is 11.6 Å². The Balaban J connectivity index is 1.45. The number of H-pyrrole nitrogens is 1. The molecule has 1 unspecified atom stereocenters. The zero-order chi connectivity index (χ0) is 19.9. The van der Waals surface area contributed by atoms with Crippen LogP contribution in [0.3, 0.4) is 0 Å². The molecule has 0 aliphatic rings. The number of benzene rings is 3. The van der Waals surface area contributed by atoms with Gasteiger partial charge in [0.05, 0.1) is 30.1 Å². The molecule has 5 heteroatoms. The van der Waals surface area contributed by atoms with E-state index < -0.39 is 0 Å². The lowest BCUT2D eigenvalue weighted by atomic mass is 10.1. The zero-order valence-corrected chi connectivity index (χ0v) is 16.0. The number of rotatable bonds is 8. The molecule has 2 N–H and O–H groups in total. The summed E-state index contributed by atoms with van der Waals surface area (Å²) in [5.41, 5.74) is 2.99. The second-order valence-corrected chi connectivity index (χ2v) is 6.86. The Kier molecular flexibility index (Phi) is 5.86. The molecule has 1 atom stereocenters. The number of imidazole rings is 1. The van der Waals surface area contributed by atoms with E-state index in [0.717, 1.165) is 28.2 Å². The molecule has 5 nitrogen and oxygen atoms in total. The fourth-order valence-electron chi connectivity index (χ4n) is 3.25. The summed E-state index contributed by atoms with van der Waals surface area (Å²) in [5, 5.41) is 3.12. The van der Waals surface area contributed by atoms with E-state index in [2.05, 4.69) is 27.4 Å². The number of hydrogen-bond acceptors (Lipinski definition) is 3. The van der Waals surface area contributed by atoms with Crippen molar-refractivity contribution in [2.75, 3.05) is 6.61 Å². The third-order valence-corrected chi connectivity index (χ3v) is 4.70. The number of nitrogens with zero attached hydrogens (tertiary/aromatic N) is 1. The second-order valence-electron chi connectivity index (χ2n) is 6.86. The summed E-state index contributed by atoms with van der Waals surface area (Å²) in [4.78, 5) is 20.6. The van der Waals surface area contributed by atoms with Crippen molar-refractivity contribution in [3.63, 3.8) is 0 Å². The number of fused-ring (bicyclic) bond motifs is 1. The van der Waals surface area contributed by atoms with Crippen molar-refractivity contribution in [2.45, 2.75) is 18.9 Å². The topological polar surface area (TPSA) is 67.0 Å². The summed E-state index contributed by atoms with van der Waals surface area (Å²) in [6.45, 7) is 0.327. The standard InChI is InChI=1S/C24H23N3O2/c28-23(15-16-29-19-11-5-2-6-12-19)25-22(17-18-9-3-1-4-10-18)24-26-20-13-7-8-14-21(20)27-24/h1-14,22H,15-17H2,(H,25,28)(H,26,27). The average molecular weight is 385 g/mol. The predicted octanol–water partition coefficient (Wildman–Crippen LogP) is 4.43. The monoisotopic (exact) mass is 385 g/mol. The van der Waals surface area contributed by atoms with Crippen LogP contribution >= 0.6 is 0 Å².